The second-order valence-electron chi connectivity index (χ2n) is 4.28. The van der Waals surface area contributed by atoms with Gasteiger partial charge < -0.3 is 4.90 Å². The van der Waals surface area contributed by atoms with E-state index >= 15 is 0 Å². The number of hydrogen-bond acceptors (Lipinski definition) is 4. The number of aromatic nitrogens is 1. The lowest BCUT2D eigenvalue weighted by Crippen LogP contribution is -2.47. The summed E-state index contributed by atoms with van der Waals surface area (Å²) >= 11 is 5.74. The summed E-state index contributed by atoms with van der Waals surface area (Å²) in [7, 11) is -2.88. The molecule has 1 aliphatic rings. The van der Waals surface area contributed by atoms with Gasteiger partial charge in [-0.15, -0.1) is 11.6 Å². The van der Waals surface area contributed by atoms with Gasteiger partial charge in [0, 0.05) is 12.6 Å². The Morgan fingerprint density at radius 2 is 2.29 bits per heavy atom. The quantitative estimate of drug-likeness (QED) is 0.766. The monoisotopic (exact) mass is 274 g/mol. The molecule has 0 saturated carbocycles. The number of anilines is 1. The summed E-state index contributed by atoms with van der Waals surface area (Å²) in [5.74, 6) is 1.57. The average Bonchev–Trinajstić information content (AvgIpc) is 2.28. The molecule has 1 saturated heterocycles. The third kappa shape index (κ3) is 2.90. The number of rotatable bonds is 2. The molecule has 0 N–H and O–H groups in total. The van der Waals surface area contributed by atoms with Gasteiger partial charge in [0.1, 0.15) is 5.82 Å². The van der Waals surface area contributed by atoms with Crippen molar-refractivity contribution < 1.29 is 8.42 Å². The maximum Gasteiger partial charge on any atom is 0.154 e. The molecule has 1 aliphatic heterocycles. The van der Waals surface area contributed by atoms with E-state index in [0.717, 1.165) is 11.5 Å². The number of hydrogen-bond donors (Lipinski definition) is 0. The fourth-order valence-electron chi connectivity index (χ4n) is 2.04. The van der Waals surface area contributed by atoms with Gasteiger partial charge in [-0.25, -0.2) is 13.4 Å². The van der Waals surface area contributed by atoms with E-state index in [1.807, 2.05) is 30.0 Å². The maximum atomic E-state index is 11.5. The van der Waals surface area contributed by atoms with Crippen molar-refractivity contribution in [2.75, 3.05) is 23.0 Å². The van der Waals surface area contributed by atoms with E-state index in [-0.39, 0.29) is 17.5 Å². The first-order valence-electron chi connectivity index (χ1n) is 5.51. The fraction of sp³-hybridized carbons (Fsp3) is 0.545. The normalized spacial score (nSPS) is 23.6. The minimum Gasteiger partial charge on any atom is -0.352 e. The summed E-state index contributed by atoms with van der Waals surface area (Å²) in [6.07, 6.45) is 0. The number of alkyl halides is 1. The molecule has 0 radical (unpaired) electrons. The van der Waals surface area contributed by atoms with Crippen molar-refractivity contribution in [1.82, 2.24) is 4.98 Å². The average molecular weight is 275 g/mol. The van der Waals surface area contributed by atoms with E-state index in [1.165, 1.54) is 0 Å². The molecule has 6 heteroatoms. The van der Waals surface area contributed by atoms with Crippen LogP contribution in [0.25, 0.3) is 0 Å². The Kier molecular flexibility index (Phi) is 3.58. The van der Waals surface area contributed by atoms with E-state index in [0.29, 0.717) is 12.4 Å². The van der Waals surface area contributed by atoms with Gasteiger partial charge in [0.15, 0.2) is 9.84 Å². The molecular weight excluding hydrogens is 260 g/mol. The number of sulfone groups is 1. The van der Waals surface area contributed by atoms with Crippen molar-refractivity contribution in [3.63, 3.8) is 0 Å². The molecule has 4 nitrogen and oxygen atoms in total. The first-order valence-corrected chi connectivity index (χ1v) is 7.86. The lowest BCUT2D eigenvalue weighted by atomic mass is 10.3. The second-order valence-corrected chi connectivity index (χ2v) is 6.77. The first-order chi connectivity index (χ1) is 8.02. The highest BCUT2D eigenvalue weighted by Gasteiger charge is 2.28. The van der Waals surface area contributed by atoms with Crippen LogP contribution in [0.15, 0.2) is 18.2 Å². The van der Waals surface area contributed by atoms with Crippen molar-refractivity contribution in [1.29, 1.82) is 0 Å². The summed E-state index contributed by atoms with van der Waals surface area (Å²) in [6.45, 7) is 2.41. The molecule has 2 heterocycles. The number of nitrogens with zero attached hydrogens (tertiary/aromatic N) is 2. The van der Waals surface area contributed by atoms with Crippen LogP contribution < -0.4 is 4.90 Å². The molecule has 1 fully saturated rings. The standard InChI is InChI=1S/C11H15ClN2O2S/c1-9-8-17(15,16)6-5-14(9)11-4-2-3-10(7-12)13-11/h2-4,9H,5-8H2,1H3. The maximum absolute atomic E-state index is 11.5. The molecule has 94 valence electrons. The fourth-order valence-corrected chi connectivity index (χ4v) is 3.75. The van der Waals surface area contributed by atoms with Crippen LogP contribution in [0, 0.1) is 0 Å². The zero-order chi connectivity index (χ0) is 12.5. The van der Waals surface area contributed by atoms with Crippen molar-refractivity contribution in [2.45, 2.75) is 18.8 Å². The van der Waals surface area contributed by atoms with Crippen molar-refractivity contribution in [3.05, 3.63) is 23.9 Å². The van der Waals surface area contributed by atoms with E-state index in [4.69, 9.17) is 11.6 Å². The summed E-state index contributed by atoms with van der Waals surface area (Å²) in [4.78, 5) is 6.44. The first kappa shape index (κ1) is 12.6. The lowest BCUT2D eigenvalue weighted by molar-refractivity contribution is 0.566. The van der Waals surface area contributed by atoms with Gasteiger partial charge in [-0.05, 0) is 19.1 Å². The summed E-state index contributed by atoms with van der Waals surface area (Å²) in [5.41, 5.74) is 0.810. The van der Waals surface area contributed by atoms with Crippen molar-refractivity contribution in [3.8, 4) is 0 Å². The Balaban J connectivity index is 2.23. The minimum absolute atomic E-state index is 0.0353. The molecule has 1 unspecified atom stereocenters. The molecule has 17 heavy (non-hydrogen) atoms. The van der Waals surface area contributed by atoms with E-state index in [1.54, 1.807) is 0 Å². The molecule has 1 aromatic heterocycles. The molecule has 1 atom stereocenters. The molecule has 0 spiro atoms. The molecule has 0 amide bonds. The number of pyridine rings is 1. The van der Waals surface area contributed by atoms with E-state index < -0.39 is 9.84 Å². The third-order valence-electron chi connectivity index (χ3n) is 2.89. The van der Waals surface area contributed by atoms with Crippen molar-refractivity contribution >= 4 is 27.3 Å². The Morgan fingerprint density at radius 1 is 1.53 bits per heavy atom. The SMILES string of the molecule is CC1CS(=O)(=O)CCN1c1cccc(CCl)n1. The lowest BCUT2D eigenvalue weighted by Gasteiger charge is -2.34. The van der Waals surface area contributed by atoms with Crippen LogP contribution in [0.4, 0.5) is 5.82 Å². The highest BCUT2D eigenvalue weighted by molar-refractivity contribution is 7.91. The minimum atomic E-state index is -2.88. The summed E-state index contributed by atoms with van der Waals surface area (Å²) in [5, 5.41) is 0. The molecular formula is C11H15ClN2O2S. The van der Waals surface area contributed by atoms with Gasteiger partial charge in [-0.3, -0.25) is 0 Å². The Bertz CT molecular complexity index is 504. The Morgan fingerprint density at radius 3 is 2.94 bits per heavy atom. The second kappa shape index (κ2) is 4.82. The van der Waals surface area contributed by atoms with Crippen LogP contribution in [0.5, 0.6) is 0 Å². The molecule has 1 aromatic rings. The van der Waals surface area contributed by atoms with Gasteiger partial charge in [0.05, 0.1) is 23.1 Å². The van der Waals surface area contributed by atoms with Crippen LogP contribution in [0.1, 0.15) is 12.6 Å². The van der Waals surface area contributed by atoms with Gasteiger partial charge >= 0.3 is 0 Å². The summed E-state index contributed by atoms with van der Waals surface area (Å²) in [6, 6.07) is 5.62. The highest BCUT2D eigenvalue weighted by atomic mass is 35.5. The predicted molar refractivity (Wildman–Crippen MR) is 69.3 cm³/mol. The van der Waals surface area contributed by atoms with Crippen LogP contribution >= 0.6 is 11.6 Å². The third-order valence-corrected chi connectivity index (χ3v) is 4.96. The largest absolute Gasteiger partial charge is 0.352 e. The zero-order valence-corrected chi connectivity index (χ0v) is 11.2. The van der Waals surface area contributed by atoms with Crippen LogP contribution in [-0.4, -0.2) is 37.5 Å². The van der Waals surface area contributed by atoms with E-state index in [2.05, 4.69) is 4.98 Å². The molecule has 0 aromatic carbocycles. The molecule has 0 aliphatic carbocycles. The van der Waals surface area contributed by atoms with Crippen LogP contribution in [0.3, 0.4) is 0 Å². The van der Waals surface area contributed by atoms with Crippen LogP contribution in [0.2, 0.25) is 0 Å². The Hall–Kier alpha value is -0.810. The van der Waals surface area contributed by atoms with Gasteiger partial charge in [0.25, 0.3) is 0 Å². The predicted octanol–water partition coefficient (Wildman–Crippen LogP) is 1.44. The topological polar surface area (TPSA) is 50.3 Å². The highest BCUT2D eigenvalue weighted by Crippen LogP contribution is 2.20. The molecule has 2 rings (SSSR count). The number of halogens is 1. The summed E-state index contributed by atoms with van der Waals surface area (Å²) < 4.78 is 23.0. The van der Waals surface area contributed by atoms with Crippen LogP contribution in [-0.2, 0) is 15.7 Å². The van der Waals surface area contributed by atoms with Gasteiger partial charge in [0.2, 0.25) is 0 Å². The smallest absolute Gasteiger partial charge is 0.154 e. The zero-order valence-electron chi connectivity index (χ0n) is 9.63. The van der Waals surface area contributed by atoms with Crippen molar-refractivity contribution in [2.24, 2.45) is 0 Å². The molecule has 0 bridgehead atoms. The van der Waals surface area contributed by atoms with Gasteiger partial charge in [-0.1, -0.05) is 6.07 Å². The Labute approximate surface area is 107 Å². The van der Waals surface area contributed by atoms with Gasteiger partial charge in [-0.2, -0.15) is 0 Å². The van der Waals surface area contributed by atoms with E-state index in [9.17, 15) is 8.42 Å².